The number of carbonyl (C=O) groups is 2. The molecule has 0 aromatic carbocycles. The van der Waals surface area contributed by atoms with Crippen molar-refractivity contribution >= 4 is 19.8 Å². The van der Waals surface area contributed by atoms with Crippen LogP contribution < -0.4 is 0 Å². The fourth-order valence-corrected chi connectivity index (χ4v) is 6.09. The van der Waals surface area contributed by atoms with Crippen molar-refractivity contribution in [1.82, 2.24) is 0 Å². The molecule has 0 fully saturated rings. The number of aliphatic hydroxyl groups excluding tert-OH is 1. The first-order chi connectivity index (χ1) is 26.2. The van der Waals surface area contributed by atoms with E-state index < -0.39 is 38.6 Å². The van der Waals surface area contributed by atoms with E-state index >= 15 is 0 Å². The fraction of sp³-hybridized carbons (Fsp3) is 0.727. The van der Waals surface area contributed by atoms with Crippen molar-refractivity contribution < 1.29 is 43.0 Å². The molecule has 0 heterocycles. The minimum absolute atomic E-state index is 0.101. The van der Waals surface area contributed by atoms with E-state index in [0.717, 1.165) is 32.1 Å². The van der Waals surface area contributed by atoms with Crippen LogP contribution in [0.3, 0.4) is 0 Å². The van der Waals surface area contributed by atoms with Crippen LogP contribution >= 0.6 is 7.82 Å². The number of carbonyl (C=O) groups excluding carboxylic acids is 2. The standard InChI is InChI=1S/C44H77O9P/c1-3-5-7-9-11-12-13-14-15-16-17-18-19-20-21-25-29-33-37-43(46)51-39-42(40-52-54(48,49)50)53-44(47)38-34-30-26-23-22-24-28-32-36-41(45)35-31-27-10-8-6-4-2/h6,8,23-24,26-28,31-32,36,41-42,45H,3-5,7,9-22,25,29-30,33-35,37-40H2,1-2H3,(H2,48,49,50)/b8-6-,26-23-,28-24-,31-27-,36-32+/t41?,42-/m1/s1. The van der Waals surface area contributed by atoms with Crippen LogP contribution in [-0.4, -0.2) is 52.3 Å². The van der Waals surface area contributed by atoms with Gasteiger partial charge in [0.1, 0.15) is 6.61 Å². The lowest BCUT2D eigenvalue weighted by Gasteiger charge is -2.18. The average Bonchev–Trinajstić information content (AvgIpc) is 3.14. The largest absolute Gasteiger partial charge is 0.469 e. The van der Waals surface area contributed by atoms with Gasteiger partial charge in [-0.1, -0.05) is 184 Å². The number of rotatable bonds is 38. The maximum absolute atomic E-state index is 12.4. The highest BCUT2D eigenvalue weighted by molar-refractivity contribution is 7.46. The van der Waals surface area contributed by atoms with E-state index in [0.29, 0.717) is 32.1 Å². The van der Waals surface area contributed by atoms with Gasteiger partial charge in [-0.15, -0.1) is 0 Å². The van der Waals surface area contributed by atoms with Gasteiger partial charge in [0.2, 0.25) is 0 Å². The lowest BCUT2D eigenvalue weighted by Crippen LogP contribution is -2.29. The van der Waals surface area contributed by atoms with Crippen LogP contribution in [0.5, 0.6) is 0 Å². The Balaban J connectivity index is 4.05. The molecule has 54 heavy (non-hydrogen) atoms. The summed E-state index contributed by atoms with van der Waals surface area (Å²) in [6, 6.07) is 0. The predicted molar refractivity (Wildman–Crippen MR) is 222 cm³/mol. The maximum Gasteiger partial charge on any atom is 0.469 e. The number of allylic oxidation sites excluding steroid dienone is 8. The molecule has 0 aromatic heterocycles. The highest BCUT2D eigenvalue weighted by Crippen LogP contribution is 2.36. The molecule has 1 unspecified atom stereocenters. The summed E-state index contributed by atoms with van der Waals surface area (Å²) >= 11 is 0. The number of hydrogen-bond donors (Lipinski definition) is 3. The summed E-state index contributed by atoms with van der Waals surface area (Å²) in [4.78, 5) is 42.8. The normalized spacial score (nSPS) is 13.6. The monoisotopic (exact) mass is 781 g/mol. The number of unbranched alkanes of at least 4 members (excludes halogenated alkanes) is 18. The summed E-state index contributed by atoms with van der Waals surface area (Å²) in [6.45, 7) is 3.46. The van der Waals surface area contributed by atoms with Gasteiger partial charge in [0.05, 0.1) is 12.7 Å². The van der Waals surface area contributed by atoms with Crippen molar-refractivity contribution in [1.29, 1.82) is 0 Å². The summed E-state index contributed by atoms with van der Waals surface area (Å²) in [5.41, 5.74) is 0. The van der Waals surface area contributed by atoms with Crippen molar-refractivity contribution in [3.8, 4) is 0 Å². The predicted octanol–water partition coefficient (Wildman–Crippen LogP) is 11.9. The smallest absolute Gasteiger partial charge is 0.462 e. The number of hydrogen-bond acceptors (Lipinski definition) is 7. The second kappa shape index (κ2) is 39.0. The van der Waals surface area contributed by atoms with Crippen LogP contribution in [0, 0.1) is 0 Å². The Kier molecular flexibility index (Phi) is 37.3. The second-order valence-corrected chi connectivity index (χ2v) is 15.4. The molecule has 0 spiro atoms. The Morgan fingerprint density at radius 3 is 1.69 bits per heavy atom. The number of aliphatic hydroxyl groups is 1. The highest BCUT2D eigenvalue weighted by atomic mass is 31.2. The van der Waals surface area contributed by atoms with Crippen molar-refractivity contribution in [3.05, 3.63) is 60.8 Å². The van der Waals surface area contributed by atoms with Crippen LogP contribution in [0.25, 0.3) is 0 Å². The molecule has 0 bridgehead atoms. The van der Waals surface area contributed by atoms with Gasteiger partial charge in [-0.2, -0.15) is 0 Å². The Labute approximate surface area is 329 Å². The van der Waals surface area contributed by atoms with E-state index in [1.165, 1.54) is 89.9 Å². The first-order valence-electron chi connectivity index (χ1n) is 21.2. The molecule has 0 aliphatic heterocycles. The SMILES string of the molecule is CC/C=C\C/C=C\CC(O)/C=C/C=C\C/C=C\CCCC(=O)O[C@H](COC(=O)CCCCCCCCCCCCCCCCCCCC)COP(=O)(O)O. The van der Waals surface area contributed by atoms with E-state index in [1.54, 1.807) is 6.08 Å². The third-order valence-corrected chi connectivity index (χ3v) is 9.37. The Morgan fingerprint density at radius 2 is 1.11 bits per heavy atom. The molecule has 0 saturated heterocycles. The molecular weight excluding hydrogens is 703 g/mol. The second-order valence-electron chi connectivity index (χ2n) is 14.1. The highest BCUT2D eigenvalue weighted by Gasteiger charge is 2.22. The molecule has 312 valence electrons. The zero-order valence-electron chi connectivity index (χ0n) is 34.0. The van der Waals surface area contributed by atoms with E-state index in [4.69, 9.17) is 19.3 Å². The summed E-state index contributed by atoms with van der Waals surface area (Å²) in [5.74, 6) is -0.990. The Morgan fingerprint density at radius 1 is 0.593 bits per heavy atom. The van der Waals surface area contributed by atoms with E-state index in [1.807, 2.05) is 42.5 Å². The van der Waals surface area contributed by atoms with E-state index in [9.17, 15) is 19.3 Å². The molecule has 0 rings (SSSR count). The summed E-state index contributed by atoms with van der Waals surface area (Å²) in [7, 11) is -4.79. The van der Waals surface area contributed by atoms with Crippen LogP contribution in [-0.2, 0) is 28.2 Å². The van der Waals surface area contributed by atoms with Gasteiger partial charge in [0.25, 0.3) is 0 Å². The van der Waals surface area contributed by atoms with E-state index in [-0.39, 0.29) is 19.4 Å². The summed E-state index contributed by atoms with van der Waals surface area (Å²) in [6.07, 6.45) is 45.5. The van der Waals surface area contributed by atoms with Crippen molar-refractivity contribution in [2.75, 3.05) is 13.2 Å². The quantitative estimate of drug-likeness (QED) is 0.0184. The number of esters is 2. The number of ether oxygens (including phenoxy) is 2. The summed E-state index contributed by atoms with van der Waals surface area (Å²) < 4.78 is 26.3. The molecule has 9 nitrogen and oxygen atoms in total. The summed E-state index contributed by atoms with van der Waals surface area (Å²) in [5, 5.41) is 9.98. The number of phosphoric ester groups is 1. The van der Waals surface area contributed by atoms with Crippen LogP contribution in [0.1, 0.15) is 181 Å². The first kappa shape index (κ1) is 51.7. The zero-order chi connectivity index (χ0) is 39.8. The Bertz CT molecular complexity index is 1080. The zero-order valence-corrected chi connectivity index (χ0v) is 34.9. The molecule has 0 saturated carbocycles. The van der Waals surface area contributed by atoms with Crippen LogP contribution in [0.4, 0.5) is 0 Å². The molecule has 10 heteroatoms. The molecular formula is C44H77O9P. The molecule has 0 aliphatic rings. The van der Waals surface area contributed by atoms with Gasteiger partial charge in [-0.05, 0) is 44.9 Å². The Hall–Kier alpha value is -2.29. The minimum atomic E-state index is -4.79. The first-order valence-corrected chi connectivity index (χ1v) is 22.7. The molecule has 0 aliphatic carbocycles. The maximum atomic E-state index is 12.4. The molecule has 2 atom stereocenters. The fourth-order valence-electron chi connectivity index (χ4n) is 5.73. The van der Waals surface area contributed by atoms with Gasteiger partial charge in [-0.3, -0.25) is 14.1 Å². The minimum Gasteiger partial charge on any atom is -0.462 e. The molecule has 0 amide bonds. The molecule has 0 radical (unpaired) electrons. The van der Waals surface area contributed by atoms with Gasteiger partial charge in [0, 0.05) is 12.8 Å². The van der Waals surface area contributed by atoms with Crippen molar-refractivity contribution in [3.63, 3.8) is 0 Å². The lowest BCUT2D eigenvalue weighted by atomic mass is 10.0. The average molecular weight is 781 g/mol. The van der Waals surface area contributed by atoms with Crippen LogP contribution in [0.15, 0.2) is 60.8 Å². The topological polar surface area (TPSA) is 140 Å². The van der Waals surface area contributed by atoms with Gasteiger partial charge in [-0.25, -0.2) is 4.57 Å². The van der Waals surface area contributed by atoms with Crippen LogP contribution in [0.2, 0.25) is 0 Å². The van der Waals surface area contributed by atoms with Gasteiger partial charge < -0.3 is 24.4 Å². The van der Waals surface area contributed by atoms with Crippen molar-refractivity contribution in [2.45, 2.75) is 193 Å². The van der Waals surface area contributed by atoms with Gasteiger partial charge >= 0.3 is 19.8 Å². The van der Waals surface area contributed by atoms with E-state index in [2.05, 4.69) is 30.5 Å². The lowest BCUT2D eigenvalue weighted by molar-refractivity contribution is -0.161. The third-order valence-electron chi connectivity index (χ3n) is 8.88. The molecule has 0 aromatic rings. The van der Waals surface area contributed by atoms with Gasteiger partial charge in [0.15, 0.2) is 6.10 Å². The molecule has 3 N–H and O–H groups in total. The van der Waals surface area contributed by atoms with Crippen molar-refractivity contribution in [2.24, 2.45) is 0 Å². The number of phosphoric acid groups is 1. The third kappa shape index (κ3) is 40.9.